The van der Waals surface area contributed by atoms with Crippen LogP contribution >= 0.6 is 24.0 Å². The zero-order valence-electron chi connectivity index (χ0n) is 13.8. The summed E-state index contributed by atoms with van der Waals surface area (Å²) in [6, 6.07) is 14.1. The SMILES string of the molecule is Cl.NCCN(CCc1ccccc1)CC(=O)Nc1cc(Cl)ccc1F. The molecule has 0 saturated carbocycles. The Morgan fingerprint density at radius 2 is 1.88 bits per heavy atom. The predicted octanol–water partition coefficient (Wildman–Crippen LogP) is 3.34. The lowest BCUT2D eigenvalue weighted by atomic mass is 10.1. The van der Waals surface area contributed by atoms with Gasteiger partial charge in [-0.15, -0.1) is 12.4 Å². The van der Waals surface area contributed by atoms with Gasteiger partial charge in [-0.1, -0.05) is 41.9 Å². The number of hydrogen-bond donors (Lipinski definition) is 2. The first-order chi connectivity index (χ1) is 11.6. The van der Waals surface area contributed by atoms with E-state index in [1.165, 1.54) is 23.8 Å². The largest absolute Gasteiger partial charge is 0.329 e. The van der Waals surface area contributed by atoms with Crippen molar-refractivity contribution in [2.75, 3.05) is 31.5 Å². The molecule has 2 aromatic carbocycles. The van der Waals surface area contributed by atoms with E-state index in [1.54, 1.807) is 0 Å². The maximum atomic E-state index is 13.7. The molecule has 0 heterocycles. The second-order valence-corrected chi connectivity index (χ2v) is 5.91. The van der Waals surface area contributed by atoms with Crippen molar-refractivity contribution in [2.45, 2.75) is 6.42 Å². The minimum absolute atomic E-state index is 0. The smallest absolute Gasteiger partial charge is 0.238 e. The van der Waals surface area contributed by atoms with E-state index < -0.39 is 5.82 Å². The standard InChI is InChI=1S/C18H21ClFN3O.ClH/c19-15-6-7-16(20)17(12-15)22-18(24)13-23(11-9-21)10-8-14-4-2-1-3-5-14;/h1-7,12H,8-11,13,21H2,(H,22,24);1H. The fourth-order valence-corrected chi connectivity index (χ4v) is 2.54. The molecule has 0 saturated heterocycles. The number of rotatable bonds is 8. The maximum absolute atomic E-state index is 13.7. The van der Waals surface area contributed by atoms with E-state index in [4.69, 9.17) is 17.3 Å². The highest BCUT2D eigenvalue weighted by molar-refractivity contribution is 6.30. The summed E-state index contributed by atoms with van der Waals surface area (Å²) in [6.07, 6.45) is 0.819. The van der Waals surface area contributed by atoms with Crippen LogP contribution in [0.25, 0.3) is 0 Å². The first-order valence-electron chi connectivity index (χ1n) is 7.79. The third kappa shape index (κ3) is 7.40. The van der Waals surface area contributed by atoms with Crippen LogP contribution in [0.15, 0.2) is 48.5 Å². The Hall–Kier alpha value is -1.66. The van der Waals surface area contributed by atoms with E-state index in [2.05, 4.69) is 5.32 Å². The van der Waals surface area contributed by atoms with Crippen LogP contribution in [0.4, 0.5) is 10.1 Å². The van der Waals surface area contributed by atoms with Crippen LogP contribution in [0.1, 0.15) is 5.56 Å². The topological polar surface area (TPSA) is 58.4 Å². The van der Waals surface area contributed by atoms with E-state index in [0.29, 0.717) is 24.7 Å². The summed E-state index contributed by atoms with van der Waals surface area (Å²) < 4.78 is 13.7. The molecule has 0 atom stereocenters. The molecule has 0 aliphatic rings. The van der Waals surface area contributed by atoms with Crippen molar-refractivity contribution in [1.82, 2.24) is 4.90 Å². The van der Waals surface area contributed by atoms with Crippen molar-refractivity contribution in [3.05, 3.63) is 64.9 Å². The van der Waals surface area contributed by atoms with Crippen LogP contribution in [0.2, 0.25) is 5.02 Å². The fraction of sp³-hybridized carbons (Fsp3) is 0.278. The molecule has 2 aromatic rings. The zero-order valence-corrected chi connectivity index (χ0v) is 15.3. The van der Waals surface area contributed by atoms with Gasteiger partial charge in [0.1, 0.15) is 5.82 Å². The number of anilines is 1. The summed E-state index contributed by atoms with van der Waals surface area (Å²) in [5.41, 5.74) is 6.90. The van der Waals surface area contributed by atoms with Crippen molar-refractivity contribution >= 4 is 35.6 Å². The molecule has 0 radical (unpaired) electrons. The highest BCUT2D eigenvalue weighted by Crippen LogP contribution is 2.19. The van der Waals surface area contributed by atoms with E-state index in [-0.39, 0.29) is 30.5 Å². The van der Waals surface area contributed by atoms with Gasteiger partial charge in [0.2, 0.25) is 5.91 Å². The Morgan fingerprint density at radius 3 is 2.56 bits per heavy atom. The zero-order chi connectivity index (χ0) is 17.4. The van der Waals surface area contributed by atoms with Gasteiger partial charge >= 0.3 is 0 Å². The van der Waals surface area contributed by atoms with Crippen molar-refractivity contribution < 1.29 is 9.18 Å². The number of hydrogen-bond acceptors (Lipinski definition) is 3. The van der Waals surface area contributed by atoms with Gasteiger partial charge in [-0.2, -0.15) is 0 Å². The van der Waals surface area contributed by atoms with Gasteiger partial charge in [-0.3, -0.25) is 9.69 Å². The van der Waals surface area contributed by atoms with Crippen LogP contribution in [0.3, 0.4) is 0 Å². The third-order valence-electron chi connectivity index (χ3n) is 3.57. The highest BCUT2D eigenvalue weighted by Gasteiger charge is 2.12. The molecule has 1 amide bonds. The van der Waals surface area contributed by atoms with E-state index in [0.717, 1.165) is 6.42 Å². The van der Waals surface area contributed by atoms with Crippen molar-refractivity contribution in [3.63, 3.8) is 0 Å². The molecule has 136 valence electrons. The lowest BCUT2D eigenvalue weighted by Crippen LogP contribution is -2.38. The van der Waals surface area contributed by atoms with E-state index >= 15 is 0 Å². The Bertz CT molecular complexity index is 671. The predicted molar refractivity (Wildman–Crippen MR) is 103 cm³/mol. The van der Waals surface area contributed by atoms with Gasteiger partial charge in [-0.05, 0) is 30.2 Å². The quantitative estimate of drug-likeness (QED) is 0.732. The highest BCUT2D eigenvalue weighted by atomic mass is 35.5. The van der Waals surface area contributed by atoms with Crippen LogP contribution < -0.4 is 11.1 Å². The van der Waals surface area contributed by atoms with Crippen LogP contribution in [0, 0.1) is 5.82 Å². The molecule has 0 spiro atoms. The molecular weight excluding hydrogens is 364 g/mol. The van der Waals surface area contributed by atoms with Crippen LogP contribution in [-0.4, -0.2) is 37.0 Å². The molecule has 0 aromatic heterocycles. The van der Waals surface area contributed by atoms with Crippen molar-refractivity contribution in [3.8, 4) is 0 Å². The summed E-state index contributed by atoms with van der Waals surface area (Å²) in [5, 5.41) is 2.93. The normalized spacial score (nSPS) is 10.4. The summed E-state index contributed by atoms with van der Waals surface area (Å²) >= 11 is 5.83. The number of nitrogens with two attached hydrogens (primary N) is 1. The first kappa shape index (κ1) is 21.4. The fourth-order valence-electron chi connectivity index (χ4n) is 2.37. The lowest BCUT2D eigenvalue weighted by Gasteiger charge is -2.21. The molecule has 0 unspecified atom stereocenters. The van der Waals surface area contributed by atoms with Gasteiger partial charge in [-0.25, -0.2) is 4.39 Å². The molecule has 0 bridgehead atoms. The van der Waals surface area contributed by atoms with Gasteiger partial charge in [0, 0.05) is 24.7 Å². The number of benzene rings is 2. The Kier molecular flexibility index (Phi) is 9.45. The summed E-state index contributed by atoms with van der Waals surface area (Å²) in [7, 11) is 0. The average molecular weight is 386 g/mol. The minimum atomic E-state index is -0.512. The number of carbonyl (C=O) groups is 1. The van der Waals surface area contributed by atoms with Gasteiger partial charge < -0.3 is 11.1 Å². The number of nitrogens with zero attached hydrogens (tertiary/aromatic N) is 1. The lowest BCUT2D eigenvalue weighted by molar-refractivity contribution is -0.117. The number of amides is 1. The molecule has 0 aliphatic carbocycles. The van der Waals surface area contributed by atoms with Gasteiger partial charge in [0.25, 0.3) is 0 Å². The second-order valence-electron chi connectivity index (χ2n) is 5.47. The number of halogens is 3. The molecule has 4 nitrogen and oxygen atoms in total. The minimum Gasteiger partial charge on any atom is -0.329 e. The molecule has 7 heteroatoms. The Balaban J connectivity index is 0.00000312. The summed E-state index contributed by atoms with van der Waals surface area (Å²) in [6.45, 7) is 1.90. The molecule has 0 fully saturated rings. The molecule has 3 N–H and O–H groups in total. The van der Waals surface area contributed by atoms with E-state index in [9.17, 15) is 9.18 Å². The number of nitrogens with one attached hydrogen (secondary N) is 1. The second kappa shape index (κ2) is 11.1. The Labute approximate surface area is 158 Å². The number of carbonyl (C=O) groups excluding carboxylic acids is 1. The van der Waals surface area contributed by atoms with Crippen molar-refractivity contribution in [1.29, 1.82) is 0 Å². The summed E-state index contributed by atoms with van der Waals surface area (Å²) in [5.74, 6) is -0.805. The van der Waals surface area contributed by atoms with Gasteiger partial charge in [0.05, 0.1) is 12.2 Å². The maximum Gasteiger partial charge on any atom is 0.238 e. The van der Waals surface area contributed by atoms with Crippen LogP contribution in [0.5, 0.6) is 0 Å². The molecular formula is C18H22Cl2FN3O. The summed E-state index contributed by atoms with van der Waals surface area (Å²) in [4.78, 5) is 14.1. The average Bonchev–Trinajstić information content (AvgIpc) is 2.57. The van der Waals surface area contributed by atoms with Crippen LogP contribution in [-0.2, 0) is 11.2 Å². The molecule has 0 aliphatic heterocycles. The molecule has 25 heavy (non-hydrogen) atoms. The van der Waals surface area contributed by atoms with E-state index in [1.807, 2.05) is 35.2 Å². The third-order valence-corrected chi connectivity index (χ3v) is 3.81. The monoisotopic (exact) mass is 385 g/mol. The first-order valence-corrected chi connectivity index (χ1v) is 8.17. The molecule has 2 rings (SSSR count). The van der Waals surface area contributed by atoms with Gasteiger partial charge in [0.15, 0.2) is 0 Å². The van der Waals surface area contributed by atoms with Crippen molar-refractivity contribution in [2.24, 2.45) is 5.73 Å². The Morgan fingerprint density at radius 1 is 1.16 bits per heavy atom.